The first-order chi connectivity index (χ1) is 7.36. The van der Waals surface area contributed by atoms with Crippen LogP contribution >= 0.6 is 0 Å². The largest absolute Gasteiger partial charge is 0.382 e. The number of hydrogen-bond acceptors (Lipinski definition) is 3. The van der Waals surface area contributed by atoms with E-state index in [4.69, 9.17) is 9.47 Å². The molecule has 1 aromatic rings. The molecule has 0 aromatic heterocycles. The Bertz CT molecular complexity index is 279. The van der Waals surface area contributed by atoms with Gasteiger partial charge in [0.15, 0.2) is 0 Å². The van der Waals surface area contributed by atoms with Gasteiger partial charge in [0.2, 0.25) is 0 Å². The van der Waals surface area contributed by atoms with Crippen molar-refractivity contribution in [1.29, 1.82) is 0 Å². The van der Waals surface area contributed by atoms with Crippen LogP contribution in [0.4, 0.5) is 0 Å². The summed E-state index contributed by atoms with van der Waals surface area (Å²) in [5, 5.41) is 0. The summed E-state index contributed by atoms with van der Waals surface area (Å²) in [6, 6.07) is 7.53. The van der Waals surface area contributed by atoms with Crippen LogP contribution in [0.15, 0.2) is 24.3 Å². The summed E-state index contributed by atoms with van der Waals surface area (Å²) in [6.45, 7) is 1.94. The number of hydrogen-bond donors (Lipinski definition) is 0. The van der Waals surface area contributed by atoms with Crippen molar-refractivity contribution >= 4 is 6.29 Å². The number of carbonyl (C=O) groups excluding carboxylic acids is 1. The van der Waals surface area contributed by atoms with E-state index in [1.807, 2.05) is 24.3 Å². The van der Waals surface area contributed by atoms with Crippen molar-refractivity contribution in [2.24, 2.45) is 0 Å². The highest BCUT2D eigenvalue weighted by Crippen LogP contribution is 2.03. The van der Waals surface area contributed by atoms with E-state index in [-0.39, 0.29) is 0 Å². The molecule has 0 aliphatic rings. The zero-order valence-electron chi connectivity index (χ0n) is 8.94. The number of aldehydes is 1. The normalized spacial score (nSPS) is 10.2. The molecule has 0 atom stereocenters. The highest BCUT2D eigenvalue weighted by atomic mass is 16.5. The maximum Gasteiger partial charge on any atom is 0.150 e. The van der Waals surface area contributed by atoms with Crippen molar-refractivity contribution < 1.29 is 14.3 Å². The van der Waals surface area contributed by atoms with E-state index in [0.717, 1.165) is 12.7 Å². The Kier molecular flexibility index (Phi) is 5.66. The van der Waals surface area contributed by atoms with E-state index < -0.39 is 0 Å². The van der Waals surface area contributed by atoms with Gasteiger partial charge in [0.1, 0.15) is 6.29 Å². The van der Waals surface area contributed by atoms with Crippen LogP contribution in [0.3, 0.4) is 0 Å². The average Bonchev–Trinajstić information content (AvgIpc) is 2.30. The van der Waals surface area contributed by atoms with Crippen LogP contribution in [0.1, 0.15) is 15.9 Å². The Balaban J connectivity index is 2.22. The fraction of sp³-hybridized carbons (Fsp3) is 0.417. The second kappa shape index (κ2) is 7.15. The molecule has 3 heteroatoms. The topological polar surface area (TPSA) is 35.5 Å². The van der Waals surface area contributed by atoms with Crippen molar-refractivity contribution in [3.8, 4) is 0 Å². The lowest BCUT2D eigenvalue weighted by atomic mass is 10.1. The Hall–Kier alpha value is -1.19. The molecule has 0 radical (unpaired) electrons. The third kappa shape index (κ3) is 4.72. The van der Waals surface area contributed by atoms with Gasteiger partial charge in [-0.25, -0.2) is 0 Å². The molecule has 0 N–H and O–H groups in total. The van der Waals surface area contributed by atoms with Crippen LogP contribution in [0, 0.1) is 0 Å². The van der Waals surface area contributed by atoms with Crippen molar-refractivity contribution in [3.05, 3.63) is 35.4 Å². The molecule has 3 nitrogen and oxygen atoms in total. The van der Waals surface area contributed by atoms with Gasteiger partial charge in [-0.15, -0.1) is 0 Å². The van der Waals surface area contributed by atoms with E-state index in [2.05, 4.69) is 0 Å². The average molecular weight is 208 g/mol. The third-order valence-corrected chi connectivity index (χ3v) is 2.08. The van der Waals surface area contributed by atoms with Crippen LogP contribution in [0.25, 0.3) is 0 Å². The van der Waals surface area contributed by atoms with E-state index in [9.17, 15) is 4.79 Å². The predicted octanol–water partition coefficient (Wildman–Crippen LogP) is 1.70. The standard InChI is InChI=1S/C12H16O3/c1-14-8-9-15-7-6-11-2-4-12(10-13)5-3-11/h2-5,10H,6-9H2,1H3. The molecule has 0 bridgehead atoms. The molecule has 1 aromatic carbocycles. The molecule has 0 spiro atoms. The quantitative estimate of drug-likeness (QED) is 0.505. The number of benzene rings is 1. The molecule has 0 aliphatic heterocycles. The summed E-state index contributed by atoms with van der Waals surface area (Å²) in [7, 11) is 1.65. The lowest BCUT2D eigenvalue weighted by molar-refractivity contribution is 0.0722. The van der Waals surface area contributed by atoms with Crippen molar-refractivity contribution in [2.45, 2.75) is 6.42 Å². The molecule has 15 heavy (non-hydrogen) atoms. The first-order valence-electron chi connectivity index (χ1n) is 4.97. The number of carbonyl (C=O) groups is 1. The minimum atomic E-state index is 0.628. The smallest absolute Gasteiger partial charge is 0.150 e. The molecular weight excluding hydrogens is 192 g/mol. The van der Waals surface area contributed by atoms with Gasteiger partial charge in [0.05, 0.1) is 19.8 Å². The van der Waals surface area contributed by atoms with Crippen molar-refractivity contribution in [3.63, 3.8) is 0 Å². The molecule has 0 heterocycles. The zero-order valence-corrected chi connectivity index (χ0v) is 8.94. The van der Waals surface area contributed by atoms with Crippen molar-refractivity contribution in [2.75, 3.05) is 26.9 Å². The highest BCUT2D eigenvalue weighted by molar-refractivity contribution is 5.74. The number of rotatable bonds is 7. The Labute approximate surface area is 90.0 Å². The number of methoxy groups -OCH3 is 1. The third-order valence-electron chi connectivity index (χ3n) is 2.08. The van der Waals surface area contributed by atoms with E-state index in [0.29, 0.717) is 25.4 Å². The van der Waals surface area contributed by atoms with E-state index >= 15 is 0 Å². The molecule has 0 amide bonds. The predicted molar refractivity (Wildman–Crippen MR) is 58.2 cm³/mol. The second-order valence-corrected chi connectivity index (χ2v) is 3.21. The Morgan fingerprint density at radius 2 is 1.87 bits per heavy atom. The van der Waals surface area contributed by atoms with E-state index in [1.54, 1.807) is 7.11 Å². The van der Waals surface area contributed by atoms with Gasteiger partial charge in [-0.3, -0.25) is 4.79 Å². The SMILES string of the molecule is COCCOCCc1ccc(C=O)cc1. The van der Waals surface area contributed by atoms with Crippen LogP contribution < -0.4 is 0 Å². The summed E-state index contributed by atoms with van der Waals surface area (Å²) in [5.74, 6) is 0. The van der Waals surface area contributed by atoms with E-state index in [1.165, 1.54) is 5.56 Å². The van der Waals surface area contributed by atoms with Gasteiger partial charge < -0.3 is 9.47 Å². The molecule has 0 aliphatic carbocycles. The molecular formula is C12H16O3. The van der Waals surface area contributed by atoms with Gasteiger partial charge in [-0.05, 0) is 12.0 Å². The molecule has 0 fully saturated rings. The molecule has 0 saturated heterocycles. The van der Waals surface area contributed by atoms with Gasteiger partial charge in [-0.2, -0.15) is 0 Å². The second-order valence-electron chi connectivity index (χ2n) is 3.21. The minimum absolute atomic E-state index is 0.628. The minimum Gasteiger partial charge on any atom is -0.382 e. The summed E-state index contributed by atoms with van der Waals surface area (Å²) in [6.07, 6.45) is 1.71. The zero-order chi connectivity index (χ0) is 10.9. The summed E-state index contributed by atoms with van der Waals surface area (Å²) < 4.78 is 10.2. The maximum absolute atomic E-state index is 10.4. The monoisotopic (exact) mass is 208 g/mol. The molecule has 1 rings (SSSR count). The Morgan fingerprint density at radius 3 is 2.47 bits per heavy atom. The fourth-order valence-electron chi connectivity index (χ4n) is 1.20. The van der Waals surface area contributed by atoms with Gasteiger partial charge in [0, 0.05) is 12.7 Å². The first kappa shape index (κ1) is 11.9. The molecule has 0 unspecified atom stereocenters. The van der Waals surface area contributed by atoms with Crippen molar-refractivity contribution in [1.82, 2.24) is 0 Å². The highest BCUT2D eigenvalue weighted by Gasteiger charge is 1.94. The fourth-order valence-corrected chi connectivity index (χ4v) is 1.20. The van der Waals surface area contributed by atoms with Crippen LogP contribution in [-0.4, -0.2) is 33.2 Å². The van der Waals surface area contributed by atoms with Crippen LogP contribution in [0.5, 0.6) is 0 Å². The van der Waals surface area contributed by atoms with Gasteiger partial charge >= 0.3 is 0 Å². The molecule has 82 valence electrons. The lowest BCUT2D eigenvalue weighted by Gasteiger charge is -2.03. The first-order valence-corrected chi connectivity index (χ1v) is 4.97. The summed E-state index contributed by atoms with van der Waals surface area (Å²) in [4.78, 5) is 10.4. The lowest BCUT2D eigenvalue weighted by Crippen LogP contribution is -2.04. The van der Waals surface area contributed by atoms with Crippen LogP contribution in [0.2, 0.25) is 0 Å². The van der Waals surface area contributed by atoms with Crippen LogP contribution in [-0.2, 0) is 15.9 Å². The molecule has 0 saturated carbocycles. The summed E-state index contributed by atoms with van der Waals surface area (Å²) in [5.41, 5.74) is 1.89. The maximum atomic E-state index is 10.4. The summed E-state index contributed by atoms with van der Waals surface area (Å²) >= 11 is 0. The van der Waals surface area contributed by atoms with Gasteiger partial charge in [0.25, 0.3) is 0 Å². The van der Waals surface area contributed by atoms with Gasteiger partial charge in [-0.1, -0.05) is 24.3 Å². The number of ether oxygens (including phenoxy) is 2. The Morgan fingerprint density at radius 1 is 1.13 bits per heavy atom.